The van der Waals surface area contributed by atoms with Crippen molar-refractivity contribution in [3.63, 3.8) is 0 Å². The van der Waals surface area contributed by atoms with Crippen molar-refractivity contribution in [1.82, 2.24) is 29.5 Å². The molecule has 1 unspecified atom stereocenters. The molecule has 5 rings (SSSR count). The summed E-state index contributed by atoms with van der Waals surface area (Å²) in [5.41, 5.74) is 9.93. The van der Waals surface area contributed by atoms with Gasteiger partial charge < -0.3 is 19.8 Å². The summed E-state index contributed by atoms with van der Waals surface area (Å²) in [7, 11) is 0. The van der Waals surface area contributed by atoms with E-state index in [0.29, 0.717) is 23.1 Å². The third-order valence-corrected chi connectivity index (χ3v) is 5.83. The average Bonchev–Trinajstić information content (AvgIpc) is 3.48. The first kappa shape index (κ1) is 21.1. The number of ether oxygens (including phenoxy) is 1. The van der Waals surface area contributed by atoms with Crippen LogP contribution < -0.4 is 15.4 Å². The van der Waals surface area contributed by atoms with E-state index in [9.17, 15) is 4.39 Å². The molecule has 0 amide bonds. The van der Waals surface area contributed by atoms with Crippen molar-refractivity contribution in [2.45, 2.75) is 45.9 Å². The quantitative estimate of drug-likeness (QED) is 0.485. The van der Waals surface area contributed by atoms with Gasteiger partial charge in [0.2, 0.25) is 24.1 Å². The van der Waals surface area contributed by atoms with Crippen LogP contribution in [0.4, 0.5) is 16.0 Å². The number of hydrogen-bond acceptors (Lipinski definition) is 9. The number of halogens is 1. The smallest absolute Gasteiger partial charge is 0.245 e. The number of alkyl halides is 1. The minimum absolute atomic E-state index is 0.115. The van der Waals surface area contributed by atoms with E-state index in [0.717, 1.165) is 48.6 Å². The summed E-state index contributed by atoms with van der Waals surface area (Å²) >= 11 is 0. The number of aryl methyl sites for hydroxylation is 2. The van der Waals surface area contributed by atoms with Gasteiger partial charge >= 0.3 is 0 Å². The van der Waals surface area contributed by atoms with E-state index in [1.165, 1.54) is 13.2 Å². The highest BCUT2D eigenvalue weighted by Crippen LogP contribution is 2.32. The van der Waals surface area contributed by atoms with Crippen LogP contribution in [0.2, 0.25) is 0 Å². The molecule has 5 heterocycles. The molecule has 0 spiro atoms. The molecule has 11 heteroatoms. The molecular formula is C22H25FN8O2. The highest BCUT2D eigenvalue weighted by atomic mass is 19.1. The Balaban J connectivity index is 1.43. The normalized spacial score (nSPS) is 17.5. The summed E-state index contributed by atoms with van der Waals surface area (Å²) in [5.74, 6) is 1.77. The maximum Gasteiger partial charge on any atom is 0.245 e. The molecule has 1 saturated heterocycles. The number of nitrogen functional groups attached to an aromatic ring is 1. The minimum atomic E-state index is -1.41. The van der Waals surface area contributed by atoms with Crippen LogP contribution in [0.15, 0.2) is 29.1 Å². The molecule has 0 saturated carbocycles. The third kappa shape index (κ3) is 3.94. The average molecular weight is 452 g/mol. The van der Waals surface area contributed by atoms with Crippen molar-refractivity contribution in [3.8, 4) is 17.5 Å². The number of piperidine rings is 1. The number of hydrogen-bond donors (Lipinski definition) is 1. The summed E-state index contributed by atoms with van der Waals surface area (Å²) < 4.78 is 25.3. The zero-order valence-electron chi connectivity index (χ0n) is 18.7. The summed E-state index contributed by atoms with van der Waals surface area (Å²) in [6.07, 6.45) is 5.31. The predicted molar refractivity (Wildman–Crippen MR) is 120 cm³/mol. The first-order valence-corrected chi connectivity index (χ1v) is 10.9. The largest absolute Gasteiger partial charge is 0.443 e. The highest BCUT2D eigenvalue weighted by Gasteiger charge is 2.27. The van der Waals surface area contributed by atoms with Crippen molar-refractivity contribution >= 4 is 17.3 Å². The number of aromatic nitrogens is 6. The fourth-order valence-electron chi connectivity index (χ4n) is 4.22. The van der Waals surface area contributed by atoms with Crippen molar-refractivity contribution in [2.75, 3.05) is 23.7 Å². The number of oxazole rings is 1. The van der Waals surface area contributed by atoms with Gasteiger partial charge in [0.15, 0.2) is 11.5 Å². The molecule has 1 aliphatic heterocycles. The van der Waals surface area contributed by atoms with Crippen LogP contribution in [-0.2, 0) is 0 Å². The molecule has 10 nitrogen and oxygen atoms in total. The number of nitrogens with two attached hydrogens (primary N) is 1. The van der Waals surface area contributed by atoms with Crippen LogP contribution >= 0.6 is 0 Å². The Morgan fingerprint density at radius 2 is 2.12 bits per heavy atom. The molecule has 0 bridgehead atoms. The van der Waals surface area contributed by atoms with E-state index in [2.05, 4.69) is 25.0 Å². The van der Waals surface area contributed by atoms with E-state index >= 15 is 0 Å². The standard InChI is InChI=1S/C22H25FN8O2/c1-12-9-16(10-26-20(12)33-14(3)23)30-7-4-5-15(11-30)18-28-19-13(2)17(21-25-6-8-32-21)27-22(24)31(19)29-18/h6,8-10,14-15H,4-5,7,11H2,1-3H3,(H2,24,27)/t14?,15-/m1/s1. The van der Waals surface area contributed by atoms with Crippen LogP contribution in [0.25, 0.3) is 17.2 Å². The van der Waals surface area contributed by atoms with E-state index in [1.54, 1.807) is 16.9 Å². The molecule has 2 N–H and O–H groups in total. The summed E-state index contributed by atoms with van der Waals surface area (Å²) in [6.45, 7) is 6.73. The molecule has 1 aliphatic rings. The number of rotatable bonds is 5. The molecule has 0 aromatic carbocycles. The Labute approximate surface area is 189 Å². The second-order valence-corrected chi connectivity index (χ2v) is 8.25. The Kier molecular flexibility index (Phi) is 5.31. The molecule has 0 radical (unpaired) electrons. The van der Waals surface area contributed by atoms with Crippen molar-refractivity contribution in [3.05, 3.63) is 41.7 Å². The first-order valence-electron chi connectivity index (χ1n) is 10.9. The van der Waals surface area contributed by atoms with E-state index in [1.807, 2.05) is 19.9 Å². The van der Waals surface area contributed by atoms with E-state index in [-0.39, 0.29) is 11.9 Å². The van der Waals surface area contributed by atoms with Crippen LogP contribution in [-0.4, -0.2) is 49.0 Å². The van der Waals surface area contributed by atoms with E-state index in [4.69, 9.17) is 19.9 Å². The van der Waals surface area contributed by atoms with Gasteiger partial charge in [-0.15, -0.1) is 5.10 Å². The maximum absolute atomic E-state index is 13.2. The monoisotopic (exact) mass is 452 g/mol. The molecule has 4 aromatic heterocycles. The van der Waals surface area contributed by atoms with Gasteiger partial charge in [-0.3, -0.25) is 0 Å². The van der Waals surface area contributed by atoms with Gasteiger partial charge in [-0.2, -0.15) is 4.52 Å². The van der Waals surface area contributed by atoms with Crippen LogP contribution in [0, 0.1) is 13.8 Å². The van der Waals surface area contributed by atoms with Crippen LogP contribution in [0.5, 0.6) is 5.88 Å². The van der Waals surface area contributed by atoms with Gasteiger partial charge in [0.25, 0.3) is 0 Å². The number of fused-ring (bicyclic) bond motifs is 1. The van der Waals surface area contributed by atoms with Crippen molar-refractivity contribution in [2.24, 2.45) is 0 Å². The lowest BCUT2D eigenvalue weighted by atomic mass is 9.97. The third-order valence-electron chi connectivity index (χ3n) is 5.83. The van der Waals surface area contributed by atoms with Crippen molar-refractivity contribution < 1.29 is 13.5 Å². The van der Waals surface area contributed by atoms with Crippen LogP contribution in [0.3, 0.4) is 0 Å². The fourth-order valence-corrected chi connectivity index (χ4v) is 4.22. The fraction of sp³-hybridized carbons (Fsp3) is 0.409. The highest BCUT2D eigenvalue weighted by molar-refractivity contribution is 5.65. The first-order chi connectivity index (χ1) is 15.9. The van der Waals surface area contributed by atoms with E-state index < -0.39 is 6.36 Å². The molecule has 0 aliphatic carbocycles. The molecule has 4 aromatic rings. The second kappa shape index (κ2) is 8.30. The SMILES string of the molecule is Cc1cc(N2CCC[C@@H](c3nc4c(C)c(-c5ncco5)nc(N)n4n3)C2)cnc1OC(C)F. The molecule has 2 atom stereocenters. The number of anilines is 2. The zero-order chi connectivity index (χ0) is 23.1. The van der Waals surface area contributed by atoms with Crippen molar-refractivity contribution in [1.29, 1.82) is 0 Å². The lowest BCUT2D eigenvalue weighted by molar-refractivity contribution is 0.0801. The van der Waals surface area contributed by atoms with Crippen LogP contribution in [0.1, 0.15) is 42.6 Å². The van der Waals surface area contributed by atoms with Gasteiger partial charge in [-0.05, 0) is 32.8 Å². The van der Waals surface area contributed by atoms with Gasteiger partial charge in [-0.1, -0.05) is 0 Å². The Morgan fingerprint density at radius 1 is 1.27 bits per heavy atom. The van der Waals surface area contributed by atoms with Gasteiger partial charge in [0.1, 0.15) is 12.0 Å². The van der Waals surface area contributed by atoms with Gasteiger partial charge in [0, 0.05) is 37.1 Å². The topological polar surface area (TPSA) is 120 Å². The molecule has 172 valence electrons. The summed E-state index contributed by atoms with van der Waals surface area (Å²) in [6, 6.07) is 1.97. The molecular weight excluding hydrogens is 427 g/mol. The Hall–Kier alpha value is -3.76. The Morgan fingerprint density at radius 3 is 2.85 bits per heavy atom. The Bertz CT molecular complexity index is 1290. The second-order valence-electron chi connectivity index (χ2n) is 8.25. The number of pyridine rings is 1. The van der Waals surface area contributed by atoms with Gasteiger partial charge in [-0.25, -0.2) is 24.3 Å². The summed E-state index contributed by atoms with van der Waals surface area (Å²) in [4.78, 5) is 20.0. The van der Waals surface area contributed by atoms with Gasteiger partial charge in [0.05, 0.1) is 18.1 Å². The molecule has 1 fully saturated rings. The summed E-state index contributed by atoms with van der Waals surface area (Å²) in [5, 5.41) is 4.67. The molecule has 33 heavy (non-hydrogen) atoms. The minimum Gasteiger partial charge on any atom is -0.443 e. The zero-order valence-corrected chi connectivity index (χ0v) is 18.7. The lowest BCUT2D eigenvalue weighted by Gasteiger charge is -2.33. The number of nitrogens with zero attached hydrogens (tertiary/aromatic N) is 7. The lowest BCUT2D eigenvalue weighted by Crippen LogP contribution is -2.35. The predicted octanol–water partition coefficient (Wildman–Crippen LogP) is 3.45. The maximum atomic E-state index is 13.2.